The molecule has 72 valence electrons. The van der Waals surface area contributed by atoms with E-state index in [4.69, 9.17) is 10.5 Å². The maximum absolute atomic E-state index is 5.71. The molecule has 1 aromatic rings. The minimum absolute atomic E-state index is 0.154. The standard InChI is InChI=1S/C10H16N2O/c1-3-13-10-7-12-5-4-9(10)6-8(2)11/h4-5,7-8H,3,6,11H2,1-2H3. The molecule has 0 bridgehead atoms. The Morgan fingerprint density at radius 2 is 2.38 bits per heavy atom. The third-order valence-corrected chi connectivity index (χ3v) is 1.71. The molecule has 0 aliphatic rings. The Morgan fingerprint density at radius 1 is 1.62 bits per heavy atom. The molecule has 3 nitrogen and oxygen atoms in total. The minimum Gasteiger partial charge on any atom is -0.492 e. The number of hydrogen-bond donors (Lipinski definition) is 1. The zero-order valence-corrected chi connectivity index (χ0v) is 8.16. The molecule has 13 heavy (non-hydrogen) atoms. The van der Waals surface area contributed by atoms with E-state index in [1.165, 1.54) is 0 Å². The van der Waals surface area contributed by atoms with Gasteiger partial charge in [0, 0.05) is 12.2 Å². The molecule has 1 rings (SSSR count). The minimum atomic E-state index is 0.154. The summed E-state index contributed by atoms with van der Waals surface area (Å²) in [5, 5.41) is 0. The highest BCUT2D eigenvalue weighted by molar-refractivity contribution is 5.30. The fraction of sp³-hybridized carbons (Fsp3) is 0.500. The van der Waals surface area contributed by atoms with Crippen molar-refractivity contribution in [3.05, 3.63) is 24.0 Å². The number of nitrogens with zero attached hydrogens (tertiary/aromatic N) is 1. The molecule has 1 atom stereocenters. The van der Waals surface area contributed by atoms with Crippen molar-refractivity contribution in [1.82, 2.24) is 4.98 Å². The molecule has 0 radical (unpaired) electrons. The van der Waals surface area contributed by atoms with Gasteiger partial charge in [0.05, 0.1) is 12.8 Å². The number of hydrogen-bond acceptors (Lipinski definition) is 3. The lowest BCUT2D eigenvalue weighted by Crippen LogP contribution is -2.18. The third kappa shape index (κ3) is 3.03. The first-order valence-corrected chi connectivity index (χ1v) is 4.55. The molecule has 3 heteroatoms. The average Bonchev–Trinajstić information content (AvgIpc) is 2.08. The van der Waals surface area contributed by atoms with Gasteiger partial charge in [-0.25, -0.2) is 0 Å². The monoisotopic (exact) mass is 180 g/mol. The lowest BCUT2D eigenvalue weighted by Gasteiger charge is -2.10. The summed E-state index contributed by atoms with van der Waals surface area (Å²) in [6.45, 7) is 4.61. The molecule has 0 fully saturated rings. The predicted molar refractivity (Wildman–Crippen MR) is 52.8 cm³/mol. The summed E-state index contributed by atoms with van der Waals surface area (Å²) >= 11 is 0. The number of nitrogens with two attached hydrogens (primary N) is 1. The zero-order valence-electron chi connectivity index (χ0n) is 8.16. The fourth-order valence-electron chi connectivity index (χ4n) is 1.21. The van der Waals surface area contributed by atoms with E-state index in [1.54, 1.807) is 12.4 Å². The number of aromatic nitrogens is 1. The van der Waals surface area contributed by atoms with Crippen molar-refractivity contribution >= 4 is 0 Å². The van der Waals surface area contributed by atoms with Crippen LogP contribution in [0.1, 0.15) is 19.4 Å². The van der Waals surface area contributed by atoms with Crippen molar-refractivity contribution in [1.29, 1.82) is 0 Å². The van der Waals surface area contributed by atoms with E-state index in [0.29, 0.717) is 6.61 Å². The van der Waals surface area contributed by atoms with Crippen LogP contribution >= 0.6 is 0 Å². The van der Waals surface area contributed by atoms with Crippen molar-refractivity contribution in [2.45, 2.75) is 26.3 Å². The molecule has 1 unspecified atom stereocenters. The summed E-state index contributed by atoms with van der Waals surface area (Å²) in [5.74, 6) is 0.849. The van der Waals surface area contributed by atoms with Crippen LogP contribution in [0.3, 0.4) is 0 Å². The van der Waals surface area contributed by atoms with Gasteiger partial charge in [-0.15, -0.1) is 0 Å². The summed E-state index contributed by atoms with van der Waals surface area (Å²) < 4.78 is 5.42. The van der Waals surface area contributed by atoms with Crippen LogP contribution in [-0.4, -0.2) is 17.6 Å². The highest BCUT2D eigenvalue weighted by Gasteiger charge is 2.04. The second-order valence-corrected chi connectivity index (χ2v) is 3.10. The summed E-state index contributed by atoms with van der Waals surface area (Å²) in [4.78, 5) is 4.01. The predicted octanol–water partition coefficient (Wildman–Crippen LogP) is 1.37. The van der Waals surface area contributed by atoms with Crippen LogP contribution in [0.4, 0.5) is 0 Å². The first-order valence-electron chi connectivity index (χ1n) is 4.55. The Kier molecular flexibility index (Phi) is 3.71. The Morgan fingerprint density at radius 3 is 3.00 bits per heavy atom. The molecular formula is C10H16N2O. The molecule has 0 saturated carbocycles. The largest absolute Gasteiger partial charge is 0.492 e. The molecule has 0 spiro atoms. The number of rotatable bonds is 4. The Balaban J connectivity index is 2.78. The highest BCUT2D eigenvalue weighted by atomic mass is 16.5. The number of pyridine rings is 1. The maximum atomic E-state index is 5.71. The van der Waals surface area contributed by atoms with Crippen LogP contribution in [0.15, 0.2) is 18.5 Å². The van der Waals surface area contributed by atoms with Gasteiger partial charge in [0.15, 0.2) is 0 Å². The Hall–Kier alpha value is -1.09. The summed E-state index contributed by atoms with van der Waals surface area (Å²) in [6.07, 6.45) is 4.33. The molecule has 2 N–H and O–H groups in total. The lowest BCUT2D eigenvalue weighted by molar-refractivity contribution is 0.334. The third-order valence-electron chi connectivity index (χ3n) is 1.71. The van der Waals surface area contributed by atoms with Crippen LogP contribution in [-0.2, 0) is 6.42 Å². The molecule has 0 aliphatic carbocycles. The van der Waals surface area contributed by atoms with E-state index >= 15 is 0 Å². The zero-order chi connectivity index (χ0) is 9.68. The SMILES string of the molecule is CCOc1cnccc1CC(C)N. The van der Waals surface area contributed by atoms with Crippen LogP contribution in [0.25, 0.3) is 0 Å². The summed E-state index contributed by atoms with van der Waals surface area (Å²) in [6, 6.07) is 2.11. The smallest absolute Gasteiger partial charge is 0.140 e. The maximum Gasteiger partial charge on any atom is 0.140 e. The Bertz CT molecular complexity index is 261. The van der Waals surface area contributed by atoms with Crippen molar-refractivity contribution in [3.8, 4) is 5.75 Å². The van der Waals surface area contributed by atoms with Gasteiger partial charge in [-0.2, -0.15) is 0 Å². The topological polar surface area (TPSA) is 48.1 Å². The molecule has 0 aromatic carbocycles. The van der Waals surface area contributed by atoms with E-state index in [1.807, 2.05) is 19.9 Å². The lowest BCUT2D eigenvalue weighted by atomic mass is 10.1. The average molecular weight is 180 g/mol. The van der Waals surface area contributed by atoms with Gasteiger partial charge in [0.25, 0.3) is 0 Å². The first kappa shape index (κ1) is 9.99. The Labute approximate surface area is 78.9 Å². The van der Waals surface area contributed by atoms with E-state index in [9.17, 15) is 0 Å². The molecule has 1 heterocycles. The quantitative estimate of drug-likeness (QED) is 0.761. The van der Waals surface area contributed by atoms with Crippen LogP contribution in [0, 0.1) is 0 Å². The molecule has 0 amide bonds. The molecule has 1 aromatic heterocycles. The normalized spacial score (nSPS) is 12.5. The van der Waals surface area contributed by atoms with Crippen molar-refractivity contribution in [2.24, 2.45) is 5.73 Å². The van der Waals surface area contributed by atoms with E-state index in [0.717, 1.165) is 17.7 Å². The first-order chi connectivity index (χ1) is 6.24. The van der Waals surface area contributed by atoms with Crippen LogP contribution in [0.2, 0.25) is 0 Å². The van der Waals surface area contributed by atoms with Gasteiger partial charge in [-0.3, -0.25) is 4.98 Å². The van der Waals surface area contributed by atoms with E-state index in [-0.39, 0.29) is 6.04 Å². The van der Waals surface area contributed by atoms with Gasteiger partial charge in [0.1, 0.15) is 5.75 Å². The second kappa shape index (κ2) is 4.82. The van der Waals surface area contributed by atoms with E-state index in [2.05, 4.69) is 4.98 Å². The fourth-order valence-corrected chi connectivity index (χ4v) is 1.21. The van der Waals surface area contributed by atoms with Gasteiger partial charge in [0.2, 0.25) is 0 Å². The molecular weight excluding hydrogens is 164 g/mol. The van der Waals surface area contributed by atoms with Crippen molar-refractivity contribution in [2.75, 3.05) is 6.61 Å². The van der Waals surface area contributed by atoms with Crippen molar-refractivity contribution < 1.29 is 4.74 Å². The summed E-state index contributed by atoms with van der Waals surface area (Å²) in [7, 11) is 0. The highest BCUT2D eigenvalue weighted by Crippen LogP contribution is 2.17. The number of ether oxygens (including phenoxy) is 1. The molecule has 0 aliphatic heterocycles. The van der Waals surface area contributed by atoms with Crippen molar-refractivity contribution in [3.63, 3.8) is 0 Å². The molecule has 0 saturated heterocycles. The van der Waals surface area contributed by atoms with E-state index < -0.39 is 0 Å². The van der Waals surface area contributed by atoms with Gasteiger partial charge in [-0.05, 0) is 31.9 Å². The van der Waals surface area contributed by atoms with Gasteiger partial charge < -0.3 is 10.5 Å². The second-order valence-electron chi connectivity index (χ2n) is 3.10. The van der Waals surface area contributed by atoms with Gasteiger partial charge >= 0.3 is 0 Å². The van der Waals surface area contributed by atoms with Gasteiger partial charge in [-0.1, -0.05) is 0 Å². The van der Waals surface area contributed by atoms with Crippen LogP contribution < -0.4 is 10.5 Å². The van der Waals surface area contributed by atoms with Crippen LogP contribution in [0.5, 0.6) is 5.75 Å². The summed E-state index contributed by atoms with van der Waals surface area (Å²) in [5.41, 5.74) is 6.84.